The van der Waals surface area contributed by atoms with E-state index < -0.39 is 10.0 Å². The molecule has 138 valence electrons. The Kier molecular flexibility index (Phi) is 5.80. The lowest BCUT2D eigenvalue weighted by molar-refractivity contribution is 0.0303. The molecule has 0 aromatic heterocycles. The van der Waals surface area contributed by atoms with Crippen LogP contribution in [0.15, 0.2) is 48.5 Å². The first-order valence-corrected chi connectivity index (χ1v) is 10.2. The maximum absolute atomic E-state index is 12.7. The highest BCUT2D eigenvalue weighted by Crippen LogP contribution is 2.21. The van der Waals surface area contributed by atoms with Gasteiger partial charge in [-0.1, -0.05) is 35.9 Å². The number of carbonyl (C=O) groups excluding carboxylic acids is 1. The van der Waals surface area contributed by atoms with Gasteiger partial charge in [0.2, 0.25) is 10.0 Å². The molecule has 1 aliphatic heterocycles. The third-order valence-corrected chi connectivity index (χ3v) is 5.49. The van der Waals surface area contributed by atoms with E-state index in [1.807, 2.05) is 0 Å². The number of nitrogens with one attached hydrogen (secondary N) is 1. The number of hydrogen-bond donors (Lipinski definition) is 1. The number of amides is 1. The van der Waals surface area contributed by atoms with Gasteiger partial charge >= 0.3 is 0 Å². The molecule has 8 heteroatoms. The second-order valence-corrected chi connectivity index (χ2v) is 8.10. The summed E-state index contributed by atoms with van der Waals surface area (Å²) in [4.78, 5) is 14.4. The van der Waals surface area contributed by atoms with E-state index in [1.165, 1.54) is 0 Å². The maximum Gasteiger partial charge on any atom is 0.256 e. The Morgan fingerprint density at radius 1 is 1.08 bits per heavy atom. The molecule has 0 radical (unpaired) electrons. The number of rotatable bonds is 5. The summed E-state index contributed by atoms with van der Waals surface area (Å²) in [5.41, 5.74) is 1.21. The fraction of sp³-hybridized carbons (Fsp3) is 0.278. The Hall–Kier alpha value is -2.09. The number of hydrogen-bond acceptors (Lipinski definition) is 4. The summed E-state index contributed by atoms with van der Waals surface area (Å²) >= 11 is 5.83. The first kappa shape index (κ1) is 18.7. The number of morpholine rings is 1. The lowest BCUT2D eigenvalue weighted by Gasteiger charge is -2.27. The molecule has 1 N–H and O–H groups in total. The number of anilines is 1. The molecule has 1 fully saturated rings. The molecule has 1 saturated heterocycles. The number of benzene rings is 2. The van der Waals surface area contributed by atoms with Crippen molar-refractivity contribution in [3.8, 4) is 0 Å². The minimum absolute atomic E-state index is 0.204. The van der Waals surface area contributed by atoms with E-state index in [1.54, 1.807) is 53.4 Å². The van der Waals surface area contributed by atoms with Gasteiger partial charge in [0.15, 0.2) is 0 Å². The van der Waals surface area contributed by atoms with Crippen LogP contribution in [0.1, 0.15) is 15.9 Å². The van der Waals surface area contributed by atoms with Gasteiger partial charge in [-0.3, -0.25) is 9.52 Å². The quantitative estimate of drug-likeness (QED) is 0.846. The molecule has 1 amide bonds. The highest BCUT2D eigenvalue weighted by molar-refractivity contribution is 7.91. The Labute approximate surface area is 157 Å². The average Bonchev–Trinajstić information content (AvgIpc) is 2.64. The highest BCUT2D eigenvalue weighted by Gasteiger charge is 2.22. The first-order chi connectivity index (χ1) is 12.4. The van der Waals surface area contributed by atoms with Crippen molar-refractivity contribution < 1.29 is 17.9 Å². The van der Waals surface area contributed by atoms with Crippen LogP contribution < -0.4 is 4.72 Å². The van der Waals surface area contributed by atoms with Crippen LogP contribution in [0, 0.1) is 0 Å². The van der Waals surface area contributed by atoms with Crippen LogP contribution in [0.5, 0.6) is 0 Å². The summed E-state index contributed by atoms with van der Waals surface area (Å²) < 4.78 is 32.8. The van der Waals surface area contributed by atoms with Gasteiger partial charge in [-0.25, -0.2) is 8.42 Å². The van der Waals surface area contributed by atoms with Crippen molar-refractivity contribution >= 4 is 33.2 Å². The van der Waals surface area contributed by atoms with Gasteiger partial charge in [0, 0.05) is 18.1 Å². The second-order valence-electron chi connectivity index (χ2n) is 5.94. The Morgan fingerprint density at radius 3 is 2.42 bits per heavy atom. The molecule has 1 heterocycles. The van der Waals surface area contributed by atoms with Crippen LogP contribution in [0.25, 0.3) is 0 Å². The van der Waals surface area contributed by atoms with Gasteiger partial charge in [0.1, 0.15) is 0 Å². The molecule has 0 bridgehead atoms. The SMILES string of the molecule is O=C(c1ccccc1NS(=O)(=O)Cc1ccc(Cl)cc1)N1CCOCC1. The van der Waals surface area contributed by atoms with Gasteiger partial charge in [-0.2, -0.15) is 0 Å². The summed E-state index contributed by atoms with van der Waals surface area (Å²) in [7, 11) is -3.68. The van der Waals surface area contributed by atoms with Gasteiger partial charge in [-0.05, 0) is 29.8 Å². The molecular formula is C18H19ClN2O4S. The van der Waals surface area contributed by atoms with E-state index in [-0.39, 0.29) is 17.3 Å². The normalized spacial score (nSPS) is 14.9. The van der Waals surface area contributed by atoms with Crippen LogP contribution in [0.2, 0.25) is 5.02 Å². The van der Waals surface area contributed by atoms with Crippen molar-refractivity contribution in [1.29, 1.82) is 0 Å². The van der Waals surface area contributed by atoms with Crippen LogP contribution in [-0.2, 0) is 20.5 Å². The molecule has 0 unspecified atom stereocenters. The zero-order chi connectivity index (χ0) is 18.6. The molecule has 0 aliphatic carbocycles. The monoisotopic (exact) mass is 394 g/mol. The lowest BCUT2D eigenvalue weighted by Crippen LogP contribution is -2.41. The van der Waals surface area contributed by atoms with E-state index in [9.17, 15) is 13.2 Å². The number of carbonyl (C=O) groups is 1. The molecular weight excluding hydrogens is 376 g/mol. The summed E-state index contributed by atoms with van der Waals surface area (Å²) in [6.07, 6.45) is 0. The number of nitrogens with zero attached hydrogens (tertiary/aromatic N) is 1. The first-order valence-electron chi connectivity index (χ1n) is 8.15. The summed E-state index contributed by atoms with van der Waals surface area (Å²) in [6, 6.07) is 13.2. The van der Waals surface area contributed by atoms with Crippen LogP contribution in [0.4, 0.5) is 5.69 Å². The molecule has 26 heavy (non-hydrogen) atoms. The van der Waals surface area contributed by atoms with E-state index in [0.717, 1.165) is 0 Å². The minimum Gasteiger partial charge on any atom is -0.378 e. The van der Waals surface area contributed by atoms with Crippen molar-refractivity contribution in [3.05, 3.63) is 64.7 Å². The minimum atomic E-state index is -3.68. The van der Waals surface area contributed by atoms with E-state index in [4.69, 9.17) is 16.3 Å². The van der Waals surface area contributed by atoms with Crippen molar-refractivity contribution in [2.75, 3.05) is 31.0 Å². The highest BCUT2D eigenvalue weighted by atomic mass is 35.5. The average molecular weight is 395 g/mol. The molecule has 0 atom stereocenters. The van der Waals surface area contributed by atoms with Crippen molar-refractivity contribution in [3.63, 3.8) is 0 Å². The molecule has 2 aromatic rings. The molecule has 2 aromatic carbocycles. The topological polar surface area (TPSA) is 75.7 Å². The number of ether oxygens (including phenoxy) is 1. The van der Waals surface area contributed by atoms with E-state index >= 15 is 0 Å². The standard InChI is InChI=1S/C18H19ClN2O4S/c19-15-7-5-14(6-8-15)13-26(23,24)20-17-4-2-1-3-16(17)18(22)21-9-11-25-12-10-21/h1-8,20H,9-13H2. The largest absolute Gasteiger partial charge is 0.378 e. The molecule has 0 spiro atoms. The second kappa shape index (κ2) is 8.07. The molecule has 1 aliphatic rings. The Bertz CT molecular complexity index is 878. The van der Waals surface area contributed by atoms with Crippen LogP contribution in [0.3, 0.4) is 0 Å². The maximum atomic E-state index is 12.7. The van der Waals surface area contributed by atoms with Crippen molar-refractivity contribution in [2.45, 2.75) is 5.75 Å². The lowest BCUT2D eigenvalue weighted by atomic mass is 10.1. The molecule has 6 nitrogen and oxygen atoms in total. The smallest absolute Gasteiger partial charge is 0.256 e. The third-order valence-electron chi connectivity index (χ3n) is 3.99. The van der Waals surface area contributed by atoms with Crippen molar-refractivity contribution in [1.82, 2.24) is 4.90 Å². The number of para-hydroxylation sites is 1. The third kappa shape index (κ3) is 4.75. The van der Waals surface area contributed by atoms with Gasteiger partial charge in [0.25, 0.3) is 5.91 Å². The predicted octanol–water partition coefficient (Wildman–Crippen LogP) is 2.75. The Balaban J connectivity index is 1.78. The van der Waals surface area contributed by atoms with Crippen LogP contribution >= 0.6 is 11.6 Å². The van der Waals surface area contributed by atoms with E-state index in [2.05, 4.69) is 4.72 Å². The van der Waals surface area contributed by atoms with Gasteiger partial charge in [-0.15, -0.1) is 0 Å². The predicted molar refractivity (Wildman–Crippen MR) is 101 cm³/mol. The van der Waals surface area contributed by atoms with Gasteiger partial charge < -0.3 is 9.64 Å². The molecule has 3 rings (SSSR count). The van der Waals surface area contributed by atoms with Crippen LogP contribution in [-0.4, -0.2) is 45.5 Å². The van der Waals surface area contributed by atoms with E-state index in [0.29, 0.717) is 42.5 Å². The summed E-state index contributed by atoms with van der Waals surface area (Å²) in [5.74, 6) is -0.414. The zero-order valence-corrected chi connectivity index (χ0v) is 15.6. The zero-order valence-electron chi connectivity index (χ0n) is 14.0. The number of halogens is 1. The number of sulfonamides is 1. The summed E-state index contributed by atoms with van der Waals surface area (Å²) in [6.45, 7) is 1.95. The summed E-state index contributed by atoms with van der Waals surface area (Å²) in [5, 5.41) is 0.542. The molecule has 0 saturated carbocycles. The fourth-order valence-electron chi connectivity index (χ4n) is 2.70. The Morgan fingerprint density at radius 2 is 1.73 bits per heavy atom. The van der Waals surface area contributed by atoms with Gasteiger partial charge in [0.05, 0.1) is 30.2 Å². The fourth-order valence-corrected chi connectivity index (χ4v) is 4.04. The van der Waals surface area contributed by atoms with Crippen molar-refractivity contribution in [2.24, 2.45) is 0 Å².